The molecular formula is C34H40N4O4. The van der Waals surface area contributed by atoms with Gasteiger partial charge in [0.25, 0.3) is 11.5 Å². The topological polar surface area (TPSA) is 129 Å². The van der Waals surface area contributed by atoms with Crippen LogP contribution in [0.25, 0.3) is 0 Å². The standard InChI is InChI=1S/C34H40N4O4/c1-20-8-11-25(39)17-27(20)34-12-13-38(19-23-9-10-23)21(2)28(34)16-24-15-26(33(42)37-30(24)18-34)32(41)36-29(31(35)40)14-22-6-4-3-5-7-22/h3-8,11,15,17,21,23,28-29,39H,9-10,12-14,16,18-19H2,1-2H3,(H2,35,40)(H,36,41)(H,37,42). The Labute approximate surface area is 246 Å². The Kier molecular flexibility index (Phi) is 7.43. The molecule has 2 aromatic carbocycles. The van der Waals surface area contributed by atoms with Gasteiger partial charge in [0, 0.05) is 30.1 Å². The van der Waals surface area contributed by atoms with Crippen molar-refractivity contribution in [2.75, 3.05) is 13.1 Å². The lowest BCUT2D eigenvalue weighted by Crippen LogP contribution is -2.59. The second-order valence-electron chi connectivity index (χ2n) is 12.7. The number of hydrogen-bond donors (Lipinski definition) is 4. The van der Waals surface area contributed by atoms with Gasteiger partial charge in [0.15, 0.2) is 0 Å². The van der Waals surface area contributed by atoms with Crippen LogP contribution in [0, 0.1) is 18.8 Å². The van der Waals surface area contributed by atoms with Gasteiger partial charge < -0.3 is 26.0 Å². The Bertz CT molecular complexity index is 1560. The third-order valence-corrected chi connectivity index (χ3v) is 9.98. The van der Waals surface area contributed by atoms with Gasteiger partial charge in [-0.1, -0.05) is 36.4 Å². The Morgan fingerprint density at radius 3 is 2.64 bits per heavy atom. The Balaban J connectivity index is 1.33. The van der Waals surface area contributed by atoms with Crippen LogP contribution in [0.2, 0.25) is 0 Å². The number of H-pyrrole nitrogens is 1. The zero-order valence-electron chi connectivity index (χ0n) is 24.4. The number of aromatic amines is 1. The molecule has 2 heterocycles. The largest absolute Gasteiger partial charge is 0.508 e. The summed E-state index contributed by atoms with van der Waals surface area (Å²) < 4.78 is 0. The zero-order chi connectivity index (χ0) is 29.6. The number of phenols is 1. The molecule has 3 aliphatic rings. The third kappa shape index (κ3) is 5.36. The van der Waals surface area contributed by atoms with Crippen LogP contribution in [0.1, 0.15) is 64.5 Å². The Morgan fingerprint density at radius 2 is 1.93 bits per heavy atom. The van der Waals surface area contributed by atoms with Crippen LogP contribution in [0.4, 0.5) is 0 Å². The number of pyridine rings is 1. The van der Waals surface area contributed by atoms with Crippen molar-refractivity contribution in [1.29, 1.82) is 0 Å². The summed E-state index contributed by atoms with van der Waals surface area (Å²) in [5.74, 6) is 0.00378. The molecule has 2 amide bonds. The number of phenolic OH excluding ortho intramolecular Hbond substituents is 1. The van der Waals surface area contributed by atoms with E-state index in [2.05, 4.69) is 29.0 Å². The first-order valence-electron chi connectivity index (χ1n) is 15.1. The molecule has 6 rings (SSSR count). The summed E-state index contributed by atoms with van der Waals surface area (Å²) in [5, 5.41) is 13.2. The number of primary amides is 1. The van der Waals surface area contributed by atoms with Crippen LogP contribution in [0.3, 0.4) is 0 Å². The SMILES string of the molecule is Cc1ccc(O)cc1C12CCN(CC3CC3)C(C)C1Cc1cc(C(=O)NC(Cc3ccccc3)C(N)=O)c(=O)[nH]c1C2. The number of amides is 2. The van der Waals surface area contributed by atoms with Crippen molar-refractivity contribution >= 4 is 11.8 Å². The van der Waals surface area contributed by atoms with Crippen molar-refractivity contribution in [3.63, 3.8) is 0 Å². The van der Waals surface area contributed by atoms with E-state index in [4.69, 9.17) is 5.73 Å². The molecule has 0 bridgehead atoms. The Hall–Kier alpha value is -3.91. The number of likely N-dealkylation sites (tertiary alicyclic amines) is 1. The molecule has 220 valence electrons. The maximum absolute atomic E-state index is 13.4. The number of piperidine rings is 1. The quantitative estimate of drug-likeness (QED) is 0.331. The number of rotatable bonds is 8. The number of hydrogen-bond acceptors (Lipinski definition) is 5. The molecule has 1 saturated heterocycles. The van der Waals surface area contributed by atoms with E-state index in [1.54, 1.807) is 12.1 Å². The molecule has 1 saturated carbocycles. The Morgan fingerprint density at radius 1 is 1.17 bits per heavy atom. The minimum Gasteiger partial charge on any atom is -0.508 e. The van der Waals surface area contributed by atoms with Gasteiger partial charge in [-0.15, -0.1) is 0 Å². The maximum atomic E-state index is 13.4. The minimum atomic E-state index is -0.939. The highest BCUT2D eigenvalue weighted by atomic mass is 16.3. The molecule has 2 fully saturated rings. The molecule has 2 aliphatic carbocycles. The minimum absolute atomic E-state index is 0.00704. The first-order chi connectivity index (χ1) is 20.1. The highest BCUT2D eigenvalue weighted by molar-refractivity contribution is 5.97. The molecule has 0 radical (unpaired) electrons. The number of fused-ring (bicyclic) bond motifs is 2. The molecule has 4 atom stereocenters. The number of benzene rings is 2. The summed E-state index contributed by atoms with van der Waals surface area (Å²) in [6.07, 6.45) is 5.10. The number of aromatic hydroxyl groups is 1. The van der Waals surface area contributed by atoms with Gasteiger partial charge in [-0.3, -0.25) is 14.4 Å². The number of nitrogens with zero attached hydrogens (tertiary/aromatic N) is 1. The lowest BCUT2D eigenvalue weighted by Gasteiger charge is -2.55. The predicted molar refractivity (Wildman–Crippen MR) is 161 cm³/mol. The number of nitrogens with one attached hydrogen (secondary N) is 2. The molecule has 8 heteroatoms. The molecule has 1 aliphatic heterocycles. The zero-order valence-corrected chi connectivity index (χ0v) is 24.4. The summed E-state index contributed by atoms with van der Waals surface area (Å²) in [4.78, 5) is 44.6. The number of nitrogens with two attached hydrogens (primary N) is 1. The van der Waals surface area contributed by atoms with E-state index in [0.29, 0.717) is 18.9 Å². The van der Waals surface area contributed by atoms with E-state index in [1.165, 1.54) is 12.8 Å². The molecule has 4 unspecified atom stereocenters. The van der Waals surface area contributed by atoms with E-state index in [9.17, 15) is 19.5 Å². The van der Waals surface area contributed by atoms with E-state index in [0.717, 1.165) is 53.4 Å². The van der Waals surface area contributed by atoms with Crippen LogP contribution in [-0.4, -0.2) is 52.0 Å². The van der Waals surface area contributed by atoms with Gasteiger partial charge in [0.2, 0.25) is 5.91 Å². The lowest BCUT2D eigenvalue weighted by molar-refractivity contribution is -0.119. The van der Waals surface area contributed by atoms with Gasteiger partial charge in [-0.05, 0) is 105 Å². The van der Waals surface area contributed by atoms with Gasteiger partial charge >= 0.3 is 0 Å². The van der Waals surface area contributed by atoms with Crippen molar-refractivity contribution < 1.29 is 14.7 Å². The van der Waals surface area contributed by atoms with Gasteiger partial charge in [-0.25, -0.2) is 0 Å². The molecular weight excluding hydrogens is 528 g/mol. The fourth-order valence-electron chi connectivity index (χ4n) is 7.48. The van der Waals surface area contributed by atoms with E-state index in [1.807, 2.05) is 42.5 Å². The normalized spacial score (nSPS) is 24.3. The van der Waals surface area contributed by atoms with Gasteiger partial charge in [0.05, 0.1) is 0 Å². The van der Waals surface area contributed by atoms with Crippen LogP contribution < -0.4 is 16.6 Å². The molecule has 5 N–H and O–H groups in total. The van der Waals surface area contributed by atoms with E-state index < -0.39 is 23.4 Å². The van der Waals surface area contributed by atoms with E-state index in [-0.39, 0.29) is 29.1 Å². The second-order valence-corrected chi connectivity index (χ2v) is 12.7. The number of aromatic nitrogens is 1. The maximum Gasteiger partial charge on any atom is 0.261 e. The fourth-order valence-corrected chi connectivity index (χ4v) is 7.48. The number of aryl methyl sites for hydroxylation is 1. The first-order valence-corrected chi connectivity index (χ1v) is 15.1. The average Bonchev–Trinajstić information content (AvgIpc) is 3.79. The number of carbonyl (C=O) groups excluding carboxylic acids is 2. The van der Waals surface area contributed by atoms with E-state index >= 15 is 0 Å². The van der Waals surface area contributed by atoms with Crippen molar-refractivity contribution in [2.45, 2.75) is 69.9 Å². The van der Waals surface area contributed by atoms with Crippen molar-refractivity contribution in [1.82, 2.24) is 15.2 Å². The van der Waals surface area contributed by atoms with Crippen molar-refractivity contribution in [3.05, 3.63) is 98.5 Å². The fraction of sp³-hybridized carbons (Fsp3) is 0.441. The average molecular weight is 569 g/mol. The molecule has 3 aromatic rings. The first kappa shape index (κ1) is 28.2. The van der Waals surface area contributed by atoms with Gasteiger partial charge in [-0.2, -0.15) is 0 Å². The van der Waals surface area contributed by atoms with Crippen LogP contribution in [0.5, 0.6) is 5.75 Å². The summed E-state index contributed by atoms with van der Waals surface area (Å²) >= 11 is 0. The highest BCUT2D eigenvalue weighted by Crippen LogP contribution is 2.51. The van der Waals surface area contributed by atoms with Crippen LogP contribution in [0.15, 0.2) is 59.4 Å². The predicted octanol–water partition coefficient (Wildman–Crippen LogP) is 3.37. The van der Waals surface area contributed by atoms with Gasteiger partial charge in [0.1, 0.15) is 17.4 Å². The van der Waals surface area contributed by atoms with Crippen molar-refractivity contribution in [2.24, 2.45) is 17.6 Å². The van der Waals surface area contributed by atoms with Crippen molar-refractivity contribution in [3.8, 4) is 5.75 Å². The highest BCUT2D eigenvalue weighted by Gasteiger charge is 2.51. The summed E-state index contributed by atoms with van der Waals surface area (Å²) in [6, 6.07) is 16.0. The summed E-state index contributed by atoms with van der Waals surface area (Å²) in [7, 11) is 0. The van der Waals surface area contributed by atoms with Crippen LogP contribution >= 0.6 is 0 Å². The molecule has 42 heavy (non-hydrogen) atoms. The number of carbonyl (C=O) groups is 2. The van der Waals surface area contributed by atoms with Crippen LogP contribution in [-0.2, 0) is 29.5 Å². The third-order valence-electron chi connectivity index (χ3n) is 9.98. The molecule has 0 spiro atoms. The summed E-state index contributed by atoms with van der Waals surface area (Å²) in [6.45, 7) is 6.48. The molecule has 1 aromatic heterocycles. The monoisotopic (exact) mass is 568 g/mol. The summed E-state index contributed by atoms with van der Waals surface area (Å²) in [5.41, 5.74) is 9.84. The lowest BCUT2D eigenvalue weighted by atomic mass is 9.55. The second kappa shape index (κ2) is 11.1. The molecule has 8 nitrogen and oxygen atoms in total. The smallest absolute Gasteiger partial charge is 0.261 e.